The van der Waals surface area contributed by atoms with E-state index < -0.39 is 0 Å². The molecule has 1 aliphatic heterocycles. The molecule has 31 heavy (non-hydrogen) atoms. The van der Waals surface area contributed by atoms with E-state index in [9.17, 15) is 9.59 Å². The summed E-state index contributed by atoms with van der Waals surface area (Å²) in [6.45, 7) is 2.52. The molecule has 0 atom stereocenters. The first kappa shape index (κ1) is 22.5. The van der Waals surface area contributed by atoms with Crippen molar-refractivity contribution < 1.29 is 9.59 Å². The SMILES string of the molecule is O=C(NCCCCC1CCN(C(=O)C2CCC(Cl)CC2)CC1)c1cc2ccncc2s1. The summed E-state index contributed by atoms with van der Waals surface area (Å²) in [4.78, 5) is 32.1. The molecule has 4 rings (SSSR count). The third-order valence-corrected chi connectivity index (χ3v) is 8.32. The Balaban J connectivity index is 1.10. The van der Waals surface area contributed by atoms with Crippen molar-refractivity contribution >= 4 is 44.8 Å². The highest BCUT2D eigenvalue weighted by molar-refractivity contribution is 7.20. The van der Waals surface area contributed by atoms with Gasteiger partial charge in [0, 0.05) is 43.3 Å². The molecule has 2 fully saturated rings. The third kappa shape index (κ3) is 5.98. The summed E-state index contributed by atoms with van der Waals surface area (Å²) in [5.74, 6) is 1.28. The second-order valence-corrected chi connectivity index (χ2v) is 10.7. The Kier molecular flexibility index (Phi) is 7.83. The minimum atomic E-state index is 0.0104. The molecule has 2 aromatic heterocycles. The highest BCUT2D eigenvalue weighted by Gasteiger charge is 2.30. The van der Waals surface area contributed by atoms with E-state index in [1.165, 1.54) is 17.8 Å². The normalized spacial score (nSPS) is 22.5. The predicted octanol–water partition coefficient (Wildman–Crippen LogP) is 5.23. The van der Waals surface area contributed by atoms with Crippen LogP contribution in [0.2, 0.25) is 0 Å². The lowest BCUT2D eigenvalue weighted by Crippen LogP contribution is -2.42. The summed E-state index contributed by atoms with van der Waals surface area (Å²) in [5, 5.41) is 4.38. The van der Waals surface area contributed by atoms with E-state index in [-0.39, 0.29) is 17.2 Å². The summed E-state index contributed by atoms with van der Waals surface area (Å²) in [6, 6.07) is 3.87. The number of pyridine rings is 1. The Bertz CT molecular complexity index is 853. The summed E-state index contributed by atoms with van der Waals surface area (Å²) < 4.78 is 1.05. The first-order chi connectivity index (χ1) is 15.1. The number of nitrogens with one attached hydrogen (secondary N) is 1. The summed E-state index contributed by atoms with van der Waals surface area (Å²) >= 11 is 7.67. The number of carbonyl (C=O) groups is 2. The molecule has 1 saturated carbocycles. The van der Waals surface area contributed by atoms with E-state index in [2.05, 4.69) is 15.2 Å². The molecule has 0 aromatic carbocycles. The van der Waals surface area contributed by atoms with Gasteiger partial charge in [-0.05, 0) is 68.4 Å². The molecule has 1 aliphatic carbocycles. The number of piperidine rings is 1. The van der Waals surface area contributed by atoms with Crippen molar-refractivity contribution in [2.75, 3.05) is 19.6 Å². The van der Waals surface area contributed by atoms with Gasteiger partial charge < -0.3 is 10.2 Å². The van der Waals surface area contributed by atoms with Gasteiger partial charge >= 0.3 is 0 Å². The van der Waals surface area contributed by atoms with Crippen LogP contribution in [0.4, 0.5) is 0 Å². The van der Waals surface area contributed by atoms with Gasteiger partial charge in [-0.2, -0.15) is 0 Å². The van der Waals surface area contributed by atoms with Crippen LogP contribution in [-0.2, 0) is 4.79 Å². The maximum absolute atomic E-state index is 12.7. The summed E-state index contributed by atoms with van der Waals surface area (Å²) in [6.07, 6.45) is 12.9. The van der Waals surface area contributed by atoms with Crippen molar-refractivity contribution in [3.8, 4) is 0 Å². The van der Waals surface area contributed by atoms with Gasteiger partial charge in [0.05, 0.1) is 9.58 Å². The molecule has 7 heteroatoms. The number of aromatic nitrogens is 1. The second kappa shape index (κ2) is 10.8. The quantitative estimate of drug-likeness (QED) is 0.453. The molecule has 5 nitrogen and oxygen atoms in total. The fourth-order valence-corrected chi connectivity index (χ4v) is 6.04. The first-order valence-corrected chi connectivity index (χ1v) is 12.9. The lowest BCUT2D eigenvalue weighted by atomic mass is 9.86. The molecule has 2 aliphatic rings. The van der Waals surface area contributed by atoms with Crippen molar-refractivity contribution in [1.29, 1.82) is 0 Å². The standard InChI is InChI=1S/C24H32ClN3O2S/c25-20-6-4-18(5-7-20)24(30)28-13-9-17(10-14-28)3-1-2-11-27-23(29)21-15-19-8-12-26-16-22(19)31-21/h8,12,15-18,20H,1-7,9-11,13-14H2,(H,27,29). The molecule has 0 radical (unpaired) electrons. The monoisotopic (exact) mass is 461 g/mol. The first-order valence-electron chi connectivity index (χ1n) is 11.6. The van der Waals surface area contributed by atoms with E-state index in [0.29, 0.717) is 18.4 Å². The van der Waals surface area contributed by atoms with E-state index in [1.807, 2.05) is 12.1 Å². The largest absolute Gasteiger partial charge is 0.351 e. The number of carbonyl (C=O) groups excluding carboxylic acids is 2. The highest BCUT2D eigenvalue weighted by Crippen LogP contribution is 2.31. The minimum Gasteiger partial charge on any atom is -0.351 e. The van der Waals surface area contributed by atoms with Crippen LogP contribution in [0.15, 0.2) is 24.5 Å². The maximum Gasteiger partial charge on any atom is 0.261 e. The summed E-state index contributed by atoms with van der Waals surface area (Å²) in [5.41, 5.74) is 0. The minimum absolute atomic E-state index is 0.0104. The Morgan fingerprint density at radius 3 is 2.65 bits per heavy atom. The lowest BCUT2D eigenvalue weighted by molar-refractivity contribution is -0.138. The van der Waals surface area contributed by atoms with Crippen LogP contribution in [0.1, 0.15) is 67.5 Å². The van der Waals surface area contributed by atoms with Crippen LogP contribution < -0.4 is 5.32 Å². The Hall–Kier alpha value is -1.66. The number of fused-ring (bicyclic) bond motifs is 1. The number of nitrogens with zero attached hydrogens (tertiary/aromatic N) is 2. The number of alkyl halides is 1. The van der Waals surface area contributed by atoms with Crippen LogP contribution in [0, 0.1) is 11.8 Å². The number of rotatable bonds is 7. The Labute approximate surface area is 193 Å². The molecule has 2 aromatic rings. The fraction of sp³-hybridized carbons (Fsp3) is 0.625. The Morgan fingerprint density at radius 2 is 1.90 bits per heavy atom. The third-order valence-electron chi connectivity index (χ3n) is 6.80. The smallest absolute Gasteiger partial charge is 0.261 e. The number of amides is 2. The molecule has 168 valence electrons. The Morgan fingerprint density at radius 1 is 1.13 bits per heavy atom. The van der Waals surface area contributed by atoms with Crippen LogP contribution in [-0.4, -0.2) is 46.7 Å². The van der Waals surface area contributed by atoms with Gasteiger partial charge in [0.25, 0.3) is 5.91 Å². The number of hydrogen-bond acceptors (Lipinski definition) is 4. The van der Waals surface area contributed by atoms with Crippen molar-refractivity contribution in [3.05, 3.63) is 29.4 Å². The van der Waals surface area contributed by atoms with Gasteiger partial charge in [-0.1, -0.05) is 12.8 Å². The second-order valence-electron chi connectivity index (χ2n) is 8.99. The van der Waals surface area contributed by atoms with Gasteiger partial charge in [0.1, 0.15) is 0 Å². The van der Waals surface area contributed by atoms with Gasteiger partial charge in [-0.15, -0.1) is 22.9 Å². The number of halogens is 1. The van der Waals surface area contributed by atoms with Gasteiger partial charge in [0.15, 0.2) is 0 Å². The number of hydrogen-bond donors (Lipinski definition) is 1. The molecule has 3 heterocycles. The molecule has 0 spiro atoms. The van der Waals surface area contributed by atoms with E-state index in [0.717, 1.165) is 79.4 Å². The van der Waals surface area contributed by atoms with Crippen molar-refractivity contribution in [2.45, 2.75) is 63.2 Å². The molecule has 2 amide bonds. The zero-order chi connectivity index (χ0) is 21.6. The number of unbranched alkanes of at least 4 members (excludes halogenated alkanes) is 1. The molecular formula is C24H32ClN3O2S. The van der Waals surface area contributed by atoms with Crippen LogP contribution in [0.25, 0.3) is 10.1 Å². The van der Waals surface area contributed by atoms with Gasteiger partial charge in [-0.3, -0.25) is 14.6 Å². The van der Waals surface area contributed by atoms with Crippen LogP contribution >= 0.6 is 22.9 Å². The molecule has 1 saturated heterocycles. The number of thiophene rings is 1. The lowest BCUT2D eigenvalue weighted by Gasteiger charge is -2.35. The van der Waals surface area contributed by atoms with E-state index >= 15 is 0 Å². The molecule has 0 unspecified atom stereocenters. The average Bonchev–Trinajstić information content (AvgIpc) is 3.24. The molecule has 1 N–H and O–H groups in total. The average molecular weight is 462 g/mol. The van der Waals surface area contributed by atoms with E-state index in [1.54, 1.807) is 12.4 Å². The van der Waals surface area contributed by atoms with Crippen LogP contribution in [0.5, 0.6) is 0 Å². The van der Waals surface area contributed by atoms with E-state index in [4.69, 9.17) is 11.6 Å². The highest BCUT2D eigenvalue weighted by atomic mass is 35.5. The fourth-order valence-electron chi connectivity index (χ4n) is 4.84. The van der Waals surface area contributed by atoms with Crippen molar-refractivity contribution in [3.63, 3.8) is 0 Å². The number of likely N-dealkylation sites (tertiary alicyclic amines) is 1. The predicted molar refractivity (Wildman–Crippen MR) is 127 cm³/mol. The van der Waals surface area contributed by atoms with Crippen molar-refractivity contribution in [1.82, 2.24) is 15.2 Å². The van der Waals surface area contributed by atoms with Crippen LogP contribution in [0.3, 0.4) is 0 Å². The topological polar surface area (TPSA) is 62.3 Å². The summed E-state index contributed by atoms with van der Waals surface area (Å²) in [7, 11) is 0. The van der Waals surface area contributed by atoms with Crippen molar-refractivity contribution in [2.24, 2.45) is 11.8 Å². The maximum atomic E-state index is 12.7. The zero-order valence-electron chi connectivity index (χ0n) is 18.0. The molecule has 0 bridgehead atoms. The van der Waals surface area contributed by atoms with Gasteiger partial charge in [0.2, 0.25) is 5.91 Å². The zero-order valence-corrected chi connectivity index (χ0v) is 19.6. The van der Waals surface area contributed by atoms with Gasteiger partial charge in [-0.25, -0.2) is 0 Å². The molecular weight excluding hydrogens is 430 g/mol.